The number of ether oxygens (including phenoxy) is 1. The summed E-state index contributed by atoms with van der Waals surface area (Å²) in [4.78, 5) is 8.33. The van der Waals surface area contributed by atoms with Gasteiger partial charge >= 0.3 is 0 Å². The number of nitrogens with zero attached hydrogens (tertiary/aromatic N) is 3. The maximum Gasteiger partial charge on any atom is 0.214 e. The molecule has 1 aromatic rings. The van der Waals surface area contributed by atoms with Crippen LogP contribution in [-0.4, -0.2) is 55.3 Å². The maximum atomic E-state index is 13.1. The van der Waals surface area contributed by atoms with Crippen LogP contribution in [0.1, 0.15) is 6.42 Å². The molecule has 0 amide bonds. The van der Waals surface area contributed by atoms with Crippen molar-refractivity contribution in [2.45, 2.75) is 12.5 Å². The lowest BCUT2D eigenvalue weighted by molar-refractivity contribution is 0.0209. The summed E-state index contributed by atoms with van der Waals surface area (Å²) in [5, 5.41) is 0. The number of pyridine rings is 1. The van der Waals surface area contributed by atoms with Crippen molar-refractivity contribution in [2.24, 2.45) is 0 Å². The van der Waals surface area contributed by atoms with Crippen molar-refractivity contribution < 1.29 is 9.13 Å². The van der Waals surface area contributed by atoms with E-state index in [1.807, 2.05) is 6.07 Å². The molecule has 5 heteroatoms. The average molecular weight is 251 g/mol. The molecule has 0 radical (unpaired) electrons. The molecule has 3 rings (SSSR count). The first-order valence-electron chi connectivity index (χ1n) is 6.51. The van der Waals surface area contributed by atoms with Crippen LogP contribution in [0.25, 0.3) is 0 Å². The fourth-order valence-corrected chi connectivity index (χ4v) is 2.81. The largest absolute Gasteiger partial charge is 0.379 e. The fraction of sp³-hybridized carbons (Fsp3) is 0.615. The Kier molecular flexibility index (Phi) is 3.43. The molecule has 1 atom stereocenters. The lowest BCUT2D eigenvalue weighted by atomic mass is 10.2. The second-order valence-electron chi connectivity index (χ2n) is 4.87. The zero-order valence-corrected chi connectivity index (χ0v) is 10.4. The van der Waals surface area contributed by atoms with E-state index in [1.54, 1.807) is 0 Å². The van der Waals surface area contributed by atoms with Crippen molar-refractivity contribution in [1.82, 2.24) is 9.88 Å². The van der Waals surface area contributed by atoms with Crippen molar-refractivity contribution >= 4 is 5.69 Å². The maximum absolute atomic E-state index is 13.1. The van der Waals surface area contributed by atoms with Gasteiger partial charge in [-0.25, -0.2) is 4.98 Å². The second kappa shape index (κ2) is 5.20. The quantitative estimate of drug-likeness (QED) is 0.737. The highest BCUT2D eigenvalue weighted by Crippen LogP contribution is 2.23. The predicted octanol–water partition coefficient (Wildman–Crippen LogP) is 1.13. The Labute approximate surface area is 106 Å². The Balaban J connectivity index is 1.64. The molecule has 1 unspecified atom stereocenters. The summed E-state index contributed by atoms with van der Waals surface area (Å²) in [5.74, 6) is -0.401. The van der Waals surface area contributed by atoms with Crippen molar-refractivity contribution in [2.75, 3.05) is 44.3 Å². The highest BCUT2D eigenvalue weighted by Gasteiger charge is 2.28. The normalized spacial score (nSPS) is 25.6. The fourth-order valence-electron chi connectivity index (χ4n) is 2.81. The molecular weight excluding hydrogens is 233 g/mol. The Morgan fingerprint density at radius 3 is 2.89 bits per heavy atom. The van der Waals surface area contributed by atoms with Crippen LogP contribution in [0.4, 0.5) is 10.1 Å². The molecule has 0 N–H and O–H groups in total. The third-order valence-corrected chi connectivity index (χ3v) is 3.80. The van der Waals surface area contributed by atoms with E-state index in [0.717, 1.165) is 51.5 Å². The van der Waals surface area contributed by atoms with Crippen LogP contribution >= 0.6 is 0 Å². The van der Waals surface area contributed by atoms with Crippen LogP contribution in [0.15, 0.2) is 18.3 Å². The van der Waals surface area contributed by atoms with Crippen molar-refractivity contribution in [3.05, 3.63) is 24.3 Å². The zero-order valence-electron chi connectivity index (χ0n) is 10.4. The standard InChI is InChI=1S/C13H18FN3O/c14-13-9-11(1-3-15-13)17-4-2-12(10-17)16-5-7-18-8-6-16/h1,3,9,12H,2,4-8,10H2. The van der Waals surface area contributed by atoms with E-state index in [2.05, 4.69) is 14.8 Å². The van der Waals surface area contributed by atoms with Crippen molar-refractivity contribution in [3.63, 3.8) is 0 Å². The first-order chi connectivity index (χ1) is 8.83. The van der Waals surface area contributed by atoms with Gasteiger partial charge in [0.15, 0.2) is 0 Å². The number of hydrogen-bond acceptors (Lipinski definition) is 4. The summed E-state index contributed by atoms with van der Waals surface area (Å²) in [6.07, 6.45) is 2.68. The first-order valence-corrected chi connectivity index (χ1v) is 6.51. The van der Waals surface area contributed by atoms with E-state index in [4.69, 9.17) is 4.74 Å². The summed E-state index contributed by atoms with van der Waals surface area (Å²) in [6.45, 7) is 5.67. The highest BCUT2D eigenvalue weighted by molar-refractivity contribution is 5.46. The molecule has 18 heavy (non-hydrogen) atoms. The lowest BCUT2D eigenvalue weighted by Gasteiger charge is -2.32. The van der Waals surface area contributed by atoms with Gasteiger partial charge in [-0.15, -0.1) is 0 Å². The van der Waals surface area contributed by atoms with Gasteiger partial charge in [-0.05, 0) is 12.5 Å². The minimum Gasteiger partial charge on any atom is -0.379 e. The SMILES string of the molecule is Fc1cc(N2CCC(N3CCOCC3)C2)ccn1. The molecule has 98 valence electrons. The third kappa shape index (κ3) is 2.47. The molecule has 0 aromatic carbocycles. The summed E-state index contributed by atoms with van der Waals surface area (Å²) in [6, 6.07) is 3.97. The molecule has 1 aromatic heterocycles. The monoisotopic (exact) mass is 251 g/mol. The van der Waals surface area contributed by atoms with E-state index in [-0.39, 0.29) is 0 Å². The van der Waals surface area contributed by atoms with Crippen LogP contribution in [0.2, 0.25) is 0 Å². The van der Waals surface area contributed by atoms with Gasteiger partial charge in [0, 0.05) is 50.2 Å². The van der Waals surface area contributed by atoms with Crippen LogP contribution in [0, 0.1) is 5.95 Å². The minimum atomic E-state index is -0.401. The number of halogens is 1. The van der Waals surface area contributed by atoms with E-state index in [0.29, 0.717) is 6.04 Å². The Morgan fingerprint density at radius 2 is 2.11 bits per heavy atom. The van der Waals surface area contributed by atoms with Gasteiger partial charge in [0.05, 0.1) is 13.2 Å². The zero-order chi connectivity index (χ0) is 12.4. The van der Waals surface area contributed by atoms with Gasteiger partial charge in [-0.1, -0.05) is 0 Å². The Bertz CT molecular complexity index is 409. The van der Waals surface area contributed by atoms with Gasteiger partial charge < -0.3 is 9.64 Å². The number of rotatable bonds is 2. The number of anilines is 1. The Hall–Kier alpha value is -1.20. The molecule has 3 heterocycles. The highest BCUT2D eigenvalue weighted by atomic mass is 19.1. The minimum absolute atomic E-state index is 0.401. The number of morpholine rings is 1. The van der Waals surface area contributed by atoms with Gasteiger partial charge in [-0.2, -0.15) is 4.39 Å². The molecule has 2 fully saturated rings. The lowest BCUT2D eigenvalue weighted by Crippen LogP contribution is -2.44. The first kappa shape index (κ1) is 11.9. The van der Waals surface area contributed by atoms with Crippen LogP contribution in [-0.2, 0) is 4.74 Å². The van der Waals surface area contributed by atoms with E-state index in [1.165, 1.54) is 12.3 Å². The van der Waals surface area contributed by atoms with Gasteiger partial charge in [0.2, 0.25) is 5.95 Å². The smallest absolute Gasteiger partial charge is 0.214 e. The van der Waals surface area contributed by atoms with Gasteiger partial charge in [0.25, 0.3) is 0 Å². The molecule has 2 aliphatic rings. The van der Waals surface area contributed by atoms with Gasteiger partial charge in [0.1, 0.15) is 0 Å². The second-order valence-corrected chi connectivity index (χ2v) is 4.87. The van der Waals surface area contributed by atoms with E-state index >= 15 is 0 Å². The van der Waals surface area contributed by atoms with Crippen LogP contribution in [0.3, 0.4) is 0 Å². The Morgan fingerprint density at radius 1 is 1.28 bits per heavy atom. The summed E-state index contributed by atoms with van der Waals surface area (Å²) in [5.41, 5.74) is 0.943. The molecular formula is C13H18FN3O. The summed E-state index contributed by atoms with van der Waals surface area (Å²) >= 11 is 0. The average Bonchev–Trinajstić information content (AvgIpc) is 2.89. The molecule has 2 aliphatic heterocycles. The van der Waals surface area contributed by atoms with Crippen molar-refractivity contribution in [3.8, 4) is 0 Å². The van der Waals surface area contributed by atoms with Gasteiger partial charge in [-0.3, -0.25) is 4.90 Å². The molecule has 0 aliphatic carbocycles. The molecule has 0 bridgehead atoms. The van der Waals surface area contributed by atoms with E-state index in [9.17, 15) is 4.39 Å². The predicted molar refractivity (Wildman–Crippen MR) is 67.2 cm³/mol. The summed E-state index contributed by atoms with van der Waals surface area (Å²) in [7, 11) is 0. The molecule has 4 nitrogen and oxygen atoms in total. The number of aromatic nitrogens is 1. The van der Waals surface area contributed by atoms with Crippen LogP contribution in [0.5, 0.6) is 0 Å². The molecule has 2 saturated heterocycles. The molecule has 0 saturated carbocycles. The van der Waals surface area contributed by atoms with Crippen molar-refractivity contribution in [1.29, 1.82) is 0 Å². The van der Waals surface area contributed by atoms with E-state index < -0.39 is 5.95 Å². The topological polar surface area (TPSA) is 28.6 Å². The summed E-state index contributed by atoms with van der Waals surface area (Å²) < 4.78 is 18.5. The third-order valence-electron chi connectivity index (χ3n) is 3.80. The molecule has 0 spiro atoms. The number of hydrogen-bond donors (Lipinski definition) is 0. The van der Waals surface area contributed by atoms with Crippen LogP contribution < -0.4 is 4.90 Å².